The summed E-state index contributed by atoms with van der Waals surface area (Å²) >= 11 is 2.08. The maximum Gasteiger partial charge on any atom is 0.0431 e. The topological polar surface area (TPSA) is 40.5 Å². The molecule has 0 bridgehead atoms. The fraction of sp³-hybridized carbons (Fsp3) is 1.00. The molecule has 21 heavy (non-hydrogen) atoms. The zero-order valence-corrected chi connectivity index (χ0v) is 15.6. The van der Waals surface area contributed by atoms with E-state index in [4.69, 9.17) is 10.2 Å². The van der Waals surface area contributed by atoms with Crippen molar-refractivity contribution in [1.29, 1.82) is 0 Å². The van der Waals surface area contributed by atoms with Crippen LogP contribution in [0.5, 0.6) is 0 Å². The van der Waals surface area contributed by atoms with Gasteiger partial charge in [0.2, 0.25) is 0 Å². The minimum atomic E-state index is 0.324. The third-order valence-corrected chi connectivity index (χ3v) is 5.46. The lowest BCUT2D eigenvalue weighted by molar-refractivity contribution is 0.231. The first-order valence-electron chi connectivity index (χ1n) is 8.62. The molecule has 2 N–H and O–H groups in total. The molecule has 3 heteroatoms. The molecule has 0 rings (SSSR count). The Bertz CT molecular complexity index is 215. The van der Waals surface area contributed by atoms with Gasteiger partial charge in [-0.25, -0.2) is 0 Å². The summed E-state index contributed by atoms with van der Waals surface area (Å²) in [6.45, 7) is 9.91. The van der Waals surface area contributed by atoms with Crippen LogP contribution in [0.25, 0.3) is 0 Å². The standard InChI is InChI=1S/C18H38O2S/c1-17(2,9-5-13-19)11-7-15-21-16-8-12-18(3,4)10-6-14-20/h19-20H,5-16H2,1-4H3. The molecule has 128 valence electrons. The zero-order valence-electron chi connectivity index (χ0n) is 14.8. The van der Waals surface area contributed by atoms with Crippen LogP contribution in [0.15, 0.2) is 0 Å². The van der Waals surface area contributed by atoms with Gasteiger partial charge in [-0.3, -0.25) is 0 Å². The zero-order chi connectivity index (χ0) is 16.2. The molecular weight excluding hydrogens is 280 g/mol. The highest BCUT2D eigenvalue weighted by Gasteiger charge is 2.17. The quantitative estimate of drug-likeness (QED) is 0.449. The number of aliphatic hydroxyl groups excluding tert-OH is 2. The van der Waals surface area contributed by atoms with E-state index in [0.29, 0.717) is 24.0 Å². The van der Waals surface area contributed by atoms with E-state index in [1.165, 1.54) is 37.2 Å². The average Bonchev–Trinajstić information content (AvgIpc) is 2.42. The predicted octanol–water partition coefficient (Wildman–Crippen LogP) is 4.88. The molecule has 0 atom stereocenters. The highest BCUT2D eigenvalue weighted by Crippen LogP contribution is 2.30. The van der Waals surface area contributed by atoms with E-state index in [9.17, 15) is 0 Å². The Labute approximate surface area is 137 Å². The number of hydrogen-bond donors (Lipinski definition) is 2. The molecule has 0 fully saturated rings. The Balaban J connectivity index is 3.51. The lowest BCUT2D eigenvalue weighted by Crippen LogP contribution is -2.13. The van der Waals surface area contributed by atoms with Gasteiger partial charge in [0.15, 0.2) is 0 Å². The van der Waals surface area contributed by atoms with E-state index in [2.05, 4.69) is 39.5 Å². The first kappa shape index (κ1) is 21.3. The van der Waals surface area contributed by atoms with Gasteiger partial charge in [0.1, 0.15) is 0 Å². The number of thioether (sulfide) groups is 1. The summed E-state index contributed by atoms with van der Waals surface area (Å²) in [5.41, 5.74) is 0.769. The van der Waals surface area contributed by atoms with Crippen molar-refractivity contribution < 1.29 is 10.2 Å². The summed E-state index contributed by atoms with van der Waals surface area (Å²) in [6.07, 6.45) is 9.24. The molecule has 0 aliphatic carbocycles. The second kappa shape index (κ2) is 11.8. The Kier molecular flexibility index (Phi) is 11.9. The van der Waals surface area contributed by atoms with Crippen LogP contribution in [0, 0.1) is 10.8 Å². The highest BCUT2D eigenvalue weighted by atomic mass is 32.2. The molecule has 0 aromatic heterocycles. The monoisotopic (exact) mass is 318 g/mol. The summed E-state index contributed by atoms with van der Waals surface area (Å²) in [4.78, 5) is 0. The van der Waals surface area contributed by atoms with Gasteiger partial charge in [-0.05, 0) is 73.7 Å². The molecule has 0 aromatic rings. The molecule has 0 aliphatic rings. The van der Waals surface area contributed by atoms with Gasteiger partial charge in [-0.2, -0.15) is 11.8 Å². The maximum absolute atomic E-state index is 8.90. The Hall–Kier alpha value is 0.270. The fourth-order valence-corrected chi connectivity index (χ4v) is 3.67. The van der Waals surface area contributed by atoms with Crippen molar-refractivity contribution in [3.63, 3.8) is 0 Å². The molecule has 0 radical (unpaired) electrons. The van der Waals surface area contributed by atoms with E-state index in [-0.39, 0.29) is 0 Å². The third-order valence-electron chi connectivity index (χ3n) is 4.31. The predicted molar refractivity (Wildman–Crippen MR) is 96.0 cm³/mol. The van der Waals surface area contributed by atoms with Crippen LogP contribution < -0.4 is 0 Å². The van der Waals surface area contributed by atoms with Gasteiger partial charge in [0.25, 0.3) is 0 Å². The van der Waals surface area contributed by atoms with E-state index in [1.54, 1.807) is 0 Å². The number of aliphatic hydroxyl groups is 2. The Morgan fingerprint density at radius 1 is 0.619 bits per heavy atom. The largest absolute Gasteiger partial charge is 0.396 e. The van der Waals surface area contributed by atoms with Gasteiger partial charge in [-0.15, -0.1) is 0 Å². The Morgan fingerprint density at radius 2 is 0.952 bits per heavy atom. The van der Waals surface area contributed by atoms with Crippen LogP contribution in [0.3, 0.4) is 0 Å². The average molecular weight is 319 g/mol. The van der Waals surface area contributed by atoms with E-state index in [1.807, 2.05) is 0 Å². The molecule has 2 nitrogen and oxygen atoms in total. The van der Waals surface area contributed by atoms with Crippen LogP contribution in [-0.2, 0) is 0 Å². The van der Waals surface area contributed by atoms with Crippen molar-refractivity contribution in [2.45, 2.75) is 79.1 Å². The second-order valence-electron chi connectivity index (χ2n) is 7.80. The molecule has 0 saturated carbocycles. The summed E-state index contributed by atoms with van der Waals surface area (Å²) in [5, 5.41) is 17.8. The summed E-state index contributed by atoms with van der Waals surface area (Å²) < 4.78 is 0. The van der Waals surface area contributed by atoms with Crippen LogP contribution in [0.1, 0.15) is 79.1 Å². The molecule has 0 aromatic carbocycles. The minimum absolute atomic E-state index is 0.324. The second-order valence-corrected chi connectivity index (χ2v) is 9.03. The molecule has 0 heterocycles. The van der Waals surface area contributed by atoms with Crippen molar-refractivity contribution in [2.24, 2.45) is 10.8 Å². The SMILES string of the molecule is CC(C)(CCCO)CCCSCCCC(C)(C)CCCO. The van der Waals surface area contributed by atoms with Gasteiger partial charge < -0.3 is 10.2 Å². The van der Waals surface area contributed by atoms with Gasteiger partial charge in [-0.1, -0.05) is 27.7 Å². The molecule has 0 aliphatic heterocycles. The van der Waals surface area contributed by atoms with Crippen molar-refractivity contribution in [3.8, 4) is 0 Å². The van der Waals surface area contributed by atoms with Crippen molar-refractivity contribution in [1.82, 2.24) is 0 Å². The van der Waals surface area contributed by atoms with Crippen molar-refractivity contribution in [3.05, 3.63) is 0 Å². The fourth-order valence-electron chi connectivity index (χ4n) is 2.77. The lowest BCUT2D eigenvalue weighted by Gasteiger charge is -2.24. The highest BCUT2D eigenvalue weighted by molar-refractivity contribution is 7.99. The first-order valence-corrected chi connectivity index (χ1v) is 9.78. The van der Waals surface area contributed by atoms with Gasteiger partial charge in [0, 0.05) is 13.2 Å². The lowest BCUT2D eigenvalue weighted by atomic mass is 9.83. The van der Waals surface area contributed by atoms with E-state index >= 15 is 0 Å². The van der Waals surface area contributed by atoms with Crippen LogP contribution in [-0.4, -0.2) is 34.9 Å². The van der Waals surface area contributed by atoms with Crippen molar-refractivity contribution >= 4 is 11.8 Å². The molecule has 0 saturated heterocycles. The maximum atomic E-state index is 8.90. The third kappa shape index (κ3) is 13.6. The smallest absolute Gasteiger partial charge is 0.0431 e. The summed E-state index contributed by atoms with van der Waals surface area (Å²) in [5.74, 6) is 2.53. The summed E-state index contributed by atoms with van der Waals surface area (Å²) in [6, 6.07) is 0. The van der Waals surface area contributed by atoms with Crippen LogP contribution >= 0.6 is 11.8 Å². The normalized spacial score (nSPS) is 12.9. The summed E-state index contributed by atoms with van der Waals surface area (Å²) in [7, 11) is 0. The Morgan fingerprint density at radius 3 is 1.29 bits per heavy atom. The molecule has 0 spiro atoms. The van der Waals surface area contributed by atoms with Crippen LogP contribution in [0.4, 0.5) is 0 Å². The van der Waals surface area contributed by atoms with Gasteiger partial charge in [0.05, 0.1) is 0 Å². The molecular formula is C18H38O2S. The number of hydrogen-bond acceptors (Lipinski definition) is 3. The van der Waals surface area contributed by atoms with Crippen molar-refractivity contribution in [2.75, 3.05) is 24.7 Å². The molecule has 0 amide bonds. The molecule has 0 unspecified atom stereocenters. The van der Waals surface area contributed by atoms with E-state index < -0.39 is 0 Å². The van der Waals surface area contributed by atoms with Gasteiger partial charge >= 0.3 is 0 Å². The first-order chi connectivity index (χ1) is 9.83. The van der Waals surface area contributed by atoms with Crippen LogP contribution in [0.2, 0.25) is 0 Å². The minimum Gasteiger partial charge on any atom is -0.396 e. The number of rotatable bonds is 14. The van der Waals surface area contributed by atoms with E-state index in [0.717, 1.165) is 25.7 Å².